The summed E-state index contributed by atoms with van der Waals surface area (Å²) in [6, 6.07) is 15.0. The molecule has 1 aliphatic heterocycles. The third-order valence-electron chi connectivity index (χ3n) is 6.97. The Hall–Kier alpha value is -4.90. The minimum atomic E-state index is -1.00. The molecule has 10 nitrogen and oxygen atoms in total. The van der Waals surface area contributed by atoms with Crippen molar-refractivity contribution in [2.24, 2.45) is 0 Å². The highest BCUT2D eigenvalue weighted by molar-refractivity contribution is 7.22. The molecule has 1 aliphatic rings. The van der Waals surface area contributed by atoms with Gasteiger partial charge in [0.1, 0.15) is 17.1 Å². The van der Waals surface area contributed by atoms with E-state index >= 15 is 0 Å². The first-order valence-corrected chi connectivity index (χ1v) is 13.7. The minimum Gasteiger partial charge on any atom is -0.505 e. The molecule has 0 bridgehead atoms. The van der Waals surface area contributed by atoms with Crippen molar-refractivity contribution in [3.63, 3.8) is 0 Å². The molecule has 11 heteroatoms. The number of hydrogen-bond acceptors (Lipinski definition) is 9. The maximum absolute atomic E-state index is 13.8. The molecule has 0 saturated carbocycles. The lowest BCUT2D eigenvalue weighted by molar-refractivity contribution is -0.132. The number of Topliss-reactive ketones (excluding diaryl/α,β-unsaturated/α-hetero) is 1. The van der Waals surface area contributed by atoms with Gasteiger partial charge in [-0.25, -0.2) is 9.97 Å². The number of aliphatic hydroxyl groups excluding tert-OH is 1. The van der Waals surface area contributed by atoms with Gasteiger partial charge in [-0.05, 0) is 61.9 Å². The van der Waals surface area contributed by atoms with Gasteiger partial charge in [-0.2, -0.15) is 0 Å². The molecule has 208 valence electrons. The Kier molecular flexibility index (Phi) is 6.58. The number of ether oxygens (including phenoxy) is 3. The summed E-state index contributed by atoms with van der Waals surface area (Å²) in [5.41, 5.74) is 2.54. The highest BCUT2D eigenvalue weighted by Gasteiger charge is 2.49. The molecule has 41 heavy (non-hydrogen) atoms. The van der Waals surface area contributed by atoms with E-state index in [1.807, 2.05) is 19.1 Å². The van der Waals surface area contributed by atoms with Crippen LogP contribution in [0, 0.1) is 6.92 Å². The van der Waals surface area contributed by atoms with Gasteiger partial charge in [0.2, 0.25) is 0 Å². The number of amides is 1. The average molecular weight is 571 g/mol. The van der Waals surface area contributed by atoms with Crippen molar-refractivity contribution in [1.29, 1.82) is 0 Å². The summed E-state index contributed by atoms with van der Waals surface area (Å²) in [5.74, 6) is -0.381. The number of rotatable bonds is 7. The summed E-state index contributed by atoms with van der Waals surface area (Å²) in [6.07, 6.45) is 1.75. The fourth-order valence-corrected chi connectivity index (χ4v) is 6.14. The van der Waals surface area contributed by atoms with Crippen LogP contribution in [0.3, 0.4) is 0 Å². The predicted molar refractivity (Wildman–Crippen MR) is 155 cm³/mol. The molecular formula is C30H26N4O6S. The number of imidazole rings is 1. The lowest BCUT2D eigenvalue weighted by atomic mass is 9.96. The van der Waals surface area contributed by atoms with Crippen LogP contribution in [0.4, 0.5) is 5.13 Å². The number of hydrogen-bond donors (Lipinski definition) is 1. The number of fused-ring (bicyclic) bond motifs is 2. The number of benzene rings is 2. The number of aliphatic hydroxyl groups is 1. The lowest BCUT2D eigenvalue weighted by Crippen LogP contribution is -2.29. The number of anilines is 1. The summed E-state index contributed by atoms with van der Waals surface area (Å²) in [6.45, 7) is 4.04. The van der Waals surface area contributed by atoms with Gasteiger partial charge in [-0.3, -0.25) is 18.9 Å². The molecule has 1 saturated heterocycles. The maximum Gasteiger partial charge on any atom is 0.301 e. The van der Waals surface area contributed by atoms with Crippen molar-refractivity contribution in [3.8, 4) is 17.2 Å². The second-order valence-electron chi connectivity index (χ2n) is 9.32. The van der Waals surface area contributed by atoms with Crippen LogP contribution in [0.2, 0.25) is 0 Å². The fourth-order valence-electron chi connectivity index (χ4n) is 5.12. The zero-order valence-electron chi connectivity index (χ0n) is 22.7. The Morgan fingerprint density at radius 3 is 2.61 bits per heavy atom. The largest absolute Gasteiger partial charge is 0.505 e. The standard InChI is InChI=1S/C30H26N4O6S/c1-5-40-20-12-9-17(14-21(20)39-4)26-24(27(35)25-16(2)31-23-8-6-7-13-33(23)25)28(36)29(37)34(26)30-32-19-11-10-18(38-3)15-22(19)41-30/h6-15,26,35H,5H2,1-4H3. The Bertz CT molecular complexity index is 1870. The lowest BCUT2D eigenvalue weighted by Gasteiger charge is -2.24. The summed E-state index contributed by atoms with van der Waals surface area (Å²) in [5, 5.41) is 12.1. The van der Waals surface area contributed by atoms with Crippen LogP contribution >= 0.6 is 11.3 Å². The summed E-state index contributed by atoms with van der Waals surface area (Å²) in [4.78, 5) is 38.0. The van der Waals surface area contributed by atoms with Crippen molar-refractivity contribution in [2.75, 3.05) is 25.7 Å². The second kappa shape index (κ2) is 10.3. The van der Waals surface area contributed by atoms with Crippen LogP contribution < -0.4 is 19.1 Å². The zero-order valence-corrected chi connectivity index (χ0v) is 23.6. The van der Waals surface area contributed by atoms with Gasteiger partial charge in [0.25, 0.3) is 5.78 Å². The number of aromatic nitrogens is 3. The van der Waals surface area contributed by atoms with Crippen molar-refractivity contribution in [2.45, 2.75) is 19.9 Å². The quantitative estimate of drug-likeness (QED) is 0.159. The first kappa shape index (κ1) is 26.3. The molecule has 1 amide bonds. The van der Waals surface area contributed by atoms with E-state index in [1.54, 1.807) is 67.1 Å². The molecule has 1 fully saturated rings. The first-order chi connectivity index (χ1) is 19.9. The number of pyridine rings is 1. The Balaban J connectivity index is 1.60. The van der Waals surface area contributed by atoms with Gasteiger partial charge in [0, 0.05) is 6.20 Å². The minimum absolute atomic E-state index is 0.0770. The predicted octanol–water partition coefficient (Wildman–Crippen LogP) is 5.29. The topological polar surface area (TPSA) is 115 Å². The molecule has 1 atom stereocenters. The summed E-state index contributed by atoms with van der Waals surface area (Å²) < 4.78 is 19.1. The smallest absolute Gasteiger partial charge is 0.301 e. The Morgan fingerprint density at radius 1 is 1.02 bits per heavy atom. The summed E-state index contributed by atoms with van der Waals surface area (Å²) >= 11 is 1.25. The van der Waals surface area contributed by atoms with Crippen LogP contribution in [0.25, 0.3) is 21.6 Å². The molecule has 6 rings (SSSR count). The van der Waals surface area contributed by atoms with Gasteiger partial charge in [0.15, 0.2) is 22.4 Å². The highest BCUT2D eigenvalue weighted by atomic mass is 32.1. The van der Waals surface area contributed by atoms with E-state index < -0.39 is 17.7 Å². The molecule has 0 radical (unpaired) electrons. The summed E-state index contributed by atoms with van der Waals surface area (Å²) in [7, 11) is 3.09. The maximum atomic E-state index is 13.8. The zero-order chi connectivity index (χ0) is 28.8. The highest BCUT2D eigenvalue weighted by Crippen LogP contribution is 2.46. The fraction of sp³-hybridized carbons (Fsp3) is 0.200. The van der Waals surface area contributed by atoms with Crippen molar-refractivity contribution in [1.82, 2.24) is 14.4 Å². The van der Waals surface area contributed by atoms with Crippen LogP contribution in [-0.2, 0) is 9.59 Å². The number of methoxy groups -OCH3 is 2. The van der Waals surface area contributed by atoms with E-state index in [-0.39, 0.29) is 11.3 Å². The molecule has 5 aromatic rings. The number of aryl methyl sites for hydroxylation is 1. The molecule has 2 aromatic carbocycles. The third-order valence-corrected chi connectivity index (χ3v) is 7.98. The van der Waals surface area contributed by atoms with Crippen molar-refractivity contribution >= 4 is 49.8 Å². The van der Waals surface area contributed by atoms with E-state index in [1.165, 1.54) is 23.3 Å². The monoisotopic (exact) mass is 570 g/mol. The van der Waals surface area contributed by atoms with Gasteiger partial charge in [-0.1, -0.05) is 23.5 Å². The van der Waals surface area contributed by atoms with Gasteiger partial charge in [0.05, 0.1) is 48.4 Å². The molecule has 3 aromatic heterocycles. The van der Waals surface area contributed by atoms with E-state index in [2.05, 4.69) is 9.97 Å². The number of carbonyl (C=O) groups is 2. The molecule has 1 N–H and O–H groups in total. The van der Waals surface area contributed by atoms with Gasteiger partial charge >= 0.3 is 5.91 Å². The molecule has 1 unspecified atom stereocenters. The van der Waals surface area contributed by atoms with Crippen molar-refractivity contribution < 1.29 is 28.9 Å². The molecule has 4 heterocycles. The number of ketones is 1. The molecule has 0 spiro atoms. The van der Waals surface area contributed by atoms with Gasteiger partial charge < -0.3 is 19.3 Å². The van der Waals surface area contributed by atoms with Crippen LogP contribution in [0.1, 0.15) is 29.9 Å². The Morgan fingerprint density at radius 2 is 1.85 bits per heavy atom. The van der Waals surface area contributed by atoms with Crippen LogP contribution in [-0.4, -0.2) is 52.0 Å². The molecular weight excluding hydrogens is 544 g/mol. The van der Waals surface area contributed by atoms with Gasteiger partial charge in [-0.15, -0.1) is 0 Å². The van der Waals surface area contributed by atoms with Crippen LogP contribution in [0.5, 0.6) is 17.2 Å². The SMILES string of the molecule is CCOc1ccc(C2C(=C(O)c3c(C)nc4ccccn34)C(=O)C(=O)N2c2nc3ccc(OC)cc3s2)cc1OC. The van der Waals surface area contributed by atoms with E-state index in [9.17, 15) is 14.7 Å². The first-order valence-electron chi connectivity index (χ1n) is 12.9. The van der Waals surface area contributed by atoms with Crippen molar-refractivity contribution in [3.05, 3.63) is 83.3 Å². The van der Waals surface area contributed by atoms with E-state index in [0.29, 0.717) is 57.1 Å². The Labute approximate surface area is 239 Å². The normalized spacial score (nSPS) is 16.6. The number of nitrogens with zero attached hydrogens (tertiary/aromatic N) is 4. The average Bonchev–Trinajstić information content (AvgIpc) is 3.63. The third kappa shape index (κ3) is 4.25. The second-order valence-corrected chi connectivity index (χ2v) is 10.3. The number of carbonyl (C=O) groups excluding carboxylic acids is 2. The van der Waals surface area contributed by atoms with Crippen LogP contribution in [0.15, 0.2) is 66.4 Å². The number of thiazole rings is 1. The molecule has 0 aliphatic carbocycles. The van der Waals surface area contributed by atoms with E-state index in [0.717, 1.165) is 4.70 Å². The van der Waals surface area contributed by atoms with E-state index in [4.69, 9.17) is 14.2 Å².